The van der Waals surface area contributed by atoms with Gasteiger partial charge in [-0.15, -0.1) is 12.4 Å². The number of hydrogen-bond donors (Lipinski definition) is 1. The maximum atomic E-state index is 12.2. The van der Waals surface area contributed by atoms with Crippen molar-refractivity contribution in [2.24, 2.45) is 5.73 Å². The van der Waals surface area contributed by atoms with Crippen molar-refractivity contribution >= 4 is 23.2 Å². The number of benzene rings is 2. The van der Waals surface area contributed by atoms with E-state index in [-0.39, 0.29) is 25.1 Å². The molecule has 16 heavy (non-hydrogen) atoms. The zero-order valence-corrected chi connectivity index (χ0v) is 9.71. The number of halogens is 2. The largest absolute Gasteiger partial charge is 0.324 e. The van der Waals surface area contributed by atoms with Crippen LogP contribution in [0, 0.1) is 0 Å². The van der Waals surface area contributed by atoms with E-state index in [1.54, 1.807) is 0 Å². The van der Waals surface area contributed by atoms with Crippen molar-refractivity contribution in [3.8, 4) is 0 Å². The number of fused-ring (bicyclic) bond motifs is 1. The highest BCUT2D eigenvalue weighted by Gasteiger charge is 2.05. The minimum absolute atomic E-state index is 0. The van der Waals surface area contributed by atoms with Gasteiger partial charge in [-0.25, -0.2) is 0 Å². The maximum absolute atomic E-state index is 12.2. The molecular formula is C13H15ClFN. The average molecular weight is 240 g/mol. The van der Waals surface area contributed by atoms with Gasteiger partial charge in [0.1, 0.15) is 0 Å². The summed E-state index contributed by atoms with van der Waals surface area (Å²) >= 11 is 0. The molecule has 0 saturated carbocycles. The van der Waals surface area contributed by atoms with Crippen LogP contribution in [0.4, 0.5) is 4.39 Å². The molecular weight excluding hydrogens is 225 g/mol. The summed E-state index contributed by atoms with van der Waals surface area (Å²) in [6, 6.07) is 13.9. The molecule has 3 heteroatoms. The number of rotatable bonds is 3. The van der Waals surface area contributed by atoms with Gasteiger partial charge in [0.2, 0.25) is 0 Å². The lowest BCUT2D eigenvalue weighted by atomic mass is 10.0. The van der Waals surface area contributed by atoms with Gasteiger partial charge in [-0.2, -0.15) is 0 Å². The molecule has 0 amide bonds. The van der Waals surface area contributed by atoms with Gasteiger partial charge in [-0.1, -0.05) is 36.4 Å². The third-order valence-electron chi connectivity index (χ3n) is 2.62. The van der Waals surface area contributed by atoms with Gasteiger partial charge >= 0.3 is 0 Å². The predicted octanol–water partition coefficient (Wildman–Crippen LogP) is 3.62. The first-order valence-corrected chi connectivity index (χ1v) is 5.11. The summed E-state index contributed by atoms with van der Waals surface area (Å²) < 4.78 is 12.2. The zero-order chi connectivity index (χ0) is 10.7. The molecule has 1 nitrogen and oxygen atoms in total. The summed E-state index contributed by atoms with van der Waals surface area (Å²) in [6.45, 7) is -0.367. The predicted molar refractivity (Wildman–Crippen MR) is 68.7 cm³/mol. The Morgan fingerprint density at radius 1 is 1.06 bits per heavy atom. The number of hydrogen-bond acceptors (Lipinski definition) is 1. The van der Waals surface area contributed by atoms with Gasteiger partial charge in [0, 0.05) is 6.04 Å². The highest BCUT2D eigenvalue weighted by molar-refractivity contribution is 5.85. The third-order valence-corrected chi connectivity index (χ3v) is 2.62. The van der Waals surface area contributed by atoms with Crippen LogP contribution in [0.5, 0.6) is 0 Å². The zero-order valence-electron chi connectivity index (χ0n) is 8.90. The minimum atomic E-state index is -0.367. The van der Waals surface area contributed by atoms with Crippen molar-refractivity contribution in [1.82, 2.24) is 0 Å². The van der Waals surface area contributed by atoms with Crippen LogP contribution >= 0.6 is 12.4 Å². The molecule has 2 aromatic rings. The van der Waals surface area contributed by atoms with E-state index in [0.29, 0.717) is 6.42 Å². The van der Waals surface area contributed by atoms with Crippen LogP contribution in [0.25, 0.3) is 10.8 Å². The molecule has 0 bridgehead atoms. The summed E-state index contributed by atoms with van der Waals surface area (Å²) in [5, 5.41) is 2.35. The Bertz CT molecular complexity index is 458. The Labute approximate surface area is 101 Å². The number of nitrogens with two attached hydrogens (primary N) is 1. The van der Waals surface area contributed by atoms with E-state index in [2.05, 4.69) is 6.07 Å². The summed E-state index contributed by atoms with van der Waals surface area (Å²) in [4.78, 5) is 0. The monoisotopic (exact) mass is 239 g/mol. The first-order valence-electron chi connectivity index (χ1n) is 5.11. The standard InChI is InChI=1S/C13H14FN.ClH/c14-8-7-13(15)12-6-5-10-3-1-2-4-11(10)9-12;/h1-6,9,13H,7-8,15H2;1H/t13-;/m1./s1. The fourth-order valence-corrected chi connectivity index (χ4v) is 1.72. The van der Waals surface area contributed by atoms with Crippen LogP contribution in [-0.2, 0) is 0 Å². The van der Waals surface area contributed by atoms with Gasteiger partial charge in [-0.3, -0.25) is 4.39 Å². The Morgan fingerprint density at radius 2 is 1.75 bits per heavy atom. The Kier molecular flexibility index (Phi) is 4.71. The second kappa shape index (κ2) is 5.83. The molecule has 1 atom stereocenters. The maximum Gasteiger partial charge on any atom is 0.0912 e. The molecule has 0 spiro atoms. The topological polar surface area (TPSA) is 26.0 Å². The molecule has 0 heterocycles. The fraction of sp³-hybridized carbons (Fsp3) is 0.231. The quantitative estimate of drug-likeness (QED) is 0.870. The second-order valence-corrected chi connectivity index (χ2v) is 3.69. The Morgan fingerprint density at radius 3 is 2.44 bits per heavy atom. The molecule has 0 fully saturated rings. The van der Waals surface area contributed by atoms with E-state index < -0.39 is 0 Å². The highest BCUT2D eigenvalue weighted by Crippen LogP contribution is 2.20. The van der Waals surface area contributed by atoms with Gasteiger partial charge in [0.25, 0.3) is 0 Å². The lowest BCUT2D eigenvalue weighted by Gasteiger charge is -2.10. The Balaban J connectivity index is 0.00000128. The van der Waals surface area contributed by atoms with Crippen LogP contribution in [-0.4, -0.2) is 6.67 Å². The molecule has 0 unspecified atom stereocenters. The van der Waals surface area contributed by atoms with Gasteiger partial charge in [-0.05, 0) is 28.8 Å². The van der Waals surface area contributed by atoms with Crippen LogP contribution in [0.1, 0.15) is 18.0 Å². The number of alkyl halides is 1. The third kappa shape index (κ3) is 2.71. The van der Waals surface area contributed by atoms with Crippen molar-refractivity contribution in [1.29, 1.82) is 0 Å². The van der Waals surface area contributed by atoms with E-state index in [1.807, 2.05) is 36.4 Å². The van der Waals surface area contributed by atoms with Crippen molar-refractivity contribution in [2.75, 3.05) is 6.67 Å². The Hall–Kier alpha value is -1.12. The van der Waals surface area contributed by atoms with Gasteiger partial charge in [0.05, 0.1) is 6.67 Å². The fourth-order valence-electron chi connectivity index (χ4n) is 1.72. The molecule has 0 saturated heterocycles. The van der Waals surface area contributed by atoms with E-state index in [1.165, 1.54) is 5.39 Å². The molecule has 0 aromatic heterocycles. The molecule has 2 N–H and O–H groups in total. The molecule has 0 aliphatic carbocycles. The van der Waals surface area contributed by atoms with Crippen molar-refractivity contribution in [3.05, 3.63) is 48.0 Å². The normalized spacial score (nSPS) is 12.1. The second-order valence-electron chi connectivity index (χ2n) is 3.69. The smallest absolute Gasteiger partial charge is 0.0912 e. The van der Waals surface area contributed by atoms with Crippen LogP contribution in [0.15, 0.2) is 42.5 Å². The summed E-state index contributed by atoms with van der Waals surface area (Å²) in [7, 11) is 0. The van der Waals surface area contributed by atoms with E-state index in [9.17, 15) is 4.39 Å². The average Bonchev–Trinajstić information content (AvgIpc) is 2.29. The van der Waals surface area contributed by atoms with Gasteiger partial charge in [0.15, 0.2) is 0 Å². The van der Waals surface area contributed by atoms with Crippen molar-refractivity contribution < 1.29 is 4.39 Å². The van der Waals surface area contributed by atoms with Crippen molar-refractivity contribution in [2.45, 2.75) is 12.5 Å². The molecule has 2 rings (SSSR count). The summed E-state index contributed by atoms with van der Waals surface area (Å²) in [6.07, 6.45) is 0.387. The van der Waals surface area contributed by atoms with Crippen LogP contribution in [0.2, 0.25) is 0 Å². The van der Waals surface area contributed by atoms with Crippen LogP contribution < -0.4 is 5.73 Å². The molecule has 86 valence electrons. The van der Waals surface area contributed by atoms with E-state index >= 15 is 0 Å². The molecule has 2 aromatic carbocycles. The first-order chi connectivity index (χ1) is 7.31. The van der Waals surface area contributed by atoms with E-state index in [0.717, 1.165) is 10.9 Å². The lowest BCUT2D eigenvalue weighted by Crippen LogP contribution is -2.10. The van der Waals surface area contributed by atoms with Gasteiger partial charge < -0.3 is 5.73 Å². The van der Waals surface area contributed by atoms with E-state index in [4.69, 9.17) is 5.73 Å². The molecule has 0 aliphatic rings. The molecule has 0 radical (unpaired) electrons. The summed E-state index contributed by atoms with van der Waals surface area (Å²) in [5.41, 5.74) is 6.86. The van der Waals surface area contributed by atoms with Crippen molar-refractivity contribution in [3.63, 3.8) is 0 Å². The molecule has 0 aliphatic heterocycles. The minimum Gasteiger partial charge on any atom is -0.324 e. The lowest BCUT2D eigenvalue weighted by molar-refractivity contribution is 0.442. The highest BCUT2D eigenvalue weighted by atomic mass is 35.5. The first kappa shape index (κ1) is 12.9. The SMILES string of the molecule is Cl.N[C@H](CCF)c1ccc2ccccc2c1. The van der Waals surface area contributed by atoms with Crippen LogP contribution in [0.3, 0.4) is 0 Å². The summed E-state index contributed by atoms with van der Waals surface area (Å²) in [5.74, 6) is 0.